The standard InChI is InChI=1S/C11H25N3/c1-5-11-9-14(7-6-13(11)4)10(2)8-12-3/h10-12H,5-9H2,1-4H3. The molecular weight excluding hydrogens is 174 g/mol. The second-order valence-electron chi connectivity index (χ2n) is 4.44. The van der Waals surface area contributed by atoms with Gasteiger partial charge in [0.15, 0.2) is 0 Å². The Balaban J connectivity index is 2.41. The summed E-state index contributed by atoms with van der Waals surface area (Å²) in [5, 5.41) is 3.25. The molecule has 3 heteroatoms. The summed E-state index contributed by atoms with van der Waals surface area (Å²) in [5.74, 6) is 0. The first kappa shape index (κ1) is 12.0. The minimum Gasteiger partial charge on any atom is -0.318 e. The molecule has 1 aliphatic heterocycles. The van der Waals surface area contributed by atoms with Crippen molar-refractivity contribution in [3.63, 3.8) is 0 Å². The second-order valence-corrected chi connectivity index (χ2v) is 4.44. The predicted octanol–water partition coefficient (Wildman–Crippen LogP) is 0.620. The zero-order valence-electron chi connectivity index (χ0n) is 10.1. The number of nitrogens with zero attached hydrogens (tertiary/aromatic N) is 2. The molecule has 1 rings (SSSR count). The lowest BCUT2D eigenvalue weighted by Gasteiger charge is -2.41. The van der Waals surface area contributed by atoms with E-state index < -0.39 is 0 Å². The number of rotatable bonds is 4. The van der Waals surface area contributed by atoms with Crippen molar-refractivity contribution in [3.05, 3.63) is 0 Å². The van der Waals surface area contributed by atoms with Gasteiger partial charge in [-0.3, -0.25) is 4.90 Å². The van der Waals surface area contributed by atoms with Gasteiger partial charge in [-0.1, -0.05) is 6.92 Å². The third kappa shape index (κ3) is 2.94. The average Bonchev–Trinajstić information content (AvgIpc) is 2.19. The predicted molar refractivity (Wildman–Crippen MR) is 61.7 cm³/mol. The maximum Gasteiger partial charge on any atom is 0.0218 e. The minimum atomic E-state index is 0.669. The first-order valence-electron chi connectivity index (χ1n) is 5.78. The SMILES string of the molecule is CCC1CN(C(C)CNC)CCN1C. The van der Waals surface area contributed by atoms with Crippen molar-refractivity contribution in [2.75, 3.05) is 40.3 Å². The summed E-state index contributed by atoms with van der Waals surface area (Å²) in [7, 11) is 4.28. The largest absolute Gasteiger partial charge is 0.318 e. The highest BCUT2D eigenvalue weighted by molar-refractivity contribution is 4.82. The third-order valence-electron chi connectivity index (χ3n) is 3.40. The quantitative estimate of drug-likeness (QED) is 0.716. The lowest BCUT2D eigenvalue weighted by molar-refractivity contribution is 0.0681. The van der Waals surface area contributed by atoms with Gasteiger partial charge in [-0.2, -0.15) is 0 Å². The molecule has 1 N–H and O–H groups in total. The second kappa shape index (κ2) is 5.69. The van der Waals surface area contributed by atoms with Crippen LogP contribution in [-0.4, -0.2) is 62.2 Å². The molecule has 14 heavy (non-hydrogen) atoms. The van der Waals surface area contributed by atoms with Crippen LogP contribution in [0.3, 0.4) is 0 Å². The fourth-order valence-electron chi connectivity index (χ4n) is 2.24. The van der Waals surface area contributed by atoms with Crippen LogP contribution in [0.1, 0.15) is 20.3 Å². The van der Waals surface area contributed by atoms with Gasteiger partial charge in [0, 0.05) is 38.3 Å². The van der Waals surface area contributed by atoms with E-state index in [0.717, 1.165) is 12.6 Å². The molecule has 2 unspecified atom stereocenters. The van der Waals surface area contributed by atoms with Crippen LogP contribution >= 0.6 is 0 Å². The van der Waals surface area contributed by atoms with E-state index in [9.17, 15) is 0 Å². The topological polar surface area (TPSA) is 18.5 Å². The summed E-state index contributed by atoms with van der Waals surface area (Å²) in [5.41, 5.74) is 0. The van der Waals surface area contributed by atoms with Crippen molar-refractivity contribution in [2.45, 2.75) is 32.4 Å². The lowest BCUT2D eigenvalue weighted by Crippen LogP contribution is -2.55. The van der Waals surface area contributed by atoms with E-state index in [-0.39, 0.29) is 0 Å². The molecule has 84 valence electrons. The van der Waals surface area contributed by atoms with Crippen LogP contribution in [0, 0.1) is 0 Å². The molecule has 0 aliphatic carbocycles. The summed E-state index contributed by atoms with van der Waals surface area (Å²) >= 11 is 0. The number of hydrogen-bond acceptors (Lipinski definition) is 3. The maximum absolute atomic E-state index is 3.25. The molecular formula is C11H25N3. The zero-order chi connectivity index (χ0) is 10.6. The Morgan fingerprint density at radius 1 is 1.43 bits per heavy atom. The van der Waals surface area contributed by atoms with Crippen molar-refractivity contribution in [2.24, 2.45) is 0 Å². The van der Waals surface area contributed by atoms with Crippen LogP contribution in [-0.2, 0) is 0 Å². The molecule has 1 heterocycles. The molecule has 3 nitrogen and oxygen atoms in total. The van der Waals surface area contributed by atoms with Crippen LogP contribution in [0.25, 0.3) is 0 Å². The summed E-state index contributed by atoms with van der Waals surface area (Å²) in [6, 6.07) is 1.42. The number of likely N-dealkylation sites (N-methyl/N-ethyl adjacent to an activating group) is 2. The van der Waals surface area contributed by atoms with E-state index in [2.05, 4.69) is 36.0 Å². The van der Waals surface area contributed by atoms with Crippen LogP contribution in [0.4, 0.5) is 0 Å². The molecule has 0 aromatic heterocycles. The van der Waals surface area contributed by atoms with Gasteiger partial charge in [0.1, 0.15) is 0 Å². The van der Waals surface area contributed by atoms with Gasteiger partial charge in [-0.05, 0) is 27.4 Å². The smallest absolute Gasteiger partial charge is 0.0218 e. The summed E-state index contributed by atoms with van der Waals surface area (Å²) < 4.78 is 0. The fraction of sp³-hybridized carbons (Fsp3) is 1.00. The first-order chi connectivity index (χ1) is 6.69. The summed E-state index contributed by atoms with van der Waals surface area (Å²) in [4.78, 5) is 5.09. The van der Waals surface area contributed by atoms with Gasteiger partial charge in [0.2, 0.25) is 0 Å². The van der Waals surface area contributed by atoms with Gasteiger partial charge in [-0.25, -0.2) is 0 Å². The monoisotopic (exact) mass is 199 g/mol. The van der Waals surface area contributed by atoms with E-state index in [1.54, 1.807) is 0 Å². The molecule has 0 spiro atoms. The van der Waals surface area contributed by atoms with E-state index in [4.69, 9.17) is 0 Å². The van der Waals surface area contributed by atoms with E-state index >= 15 is 0 Å². The normalized spacial score (nSPS) is 27.9. The number of nitrogens with one attached hydrogen (secondary N) is 1. The molecule has 0 amide bonds. The van der Waals surface area contributed by atoms with E-state index in [1.807, 2.05) is 7.05 Å². The average molecular weight is 199 g/mol. The van der Waals surface area contributed by atoms with Crippen LogP contribution in [0.2, 0.25) is 0 Å². The Morgan fingerprint density at radius 3 is 2.71 bits per heavy atom. The van der Waals surface area contributed by atoms with Gasteiger partial charge >= 0.3 is 0 Å². The third-order valence-corrected chi connectivity index (χ3v) is 3.40. The highest BCUT2D eigenvalue weighted by Gasteiger charge is 2.25. The van der Waals surface area contributed by atoms with Crippen molar-refractivity contribution >= 4 is 0 Å². The highest BCUT2D eigenvalue weighted by atomic mass is 15.3. The molecule has 1 aliphatic rings. The number of hydrogen-bond donors (Lipinski definition) is 1. The van der Waals surface area contributed by atoms with E-state index in [0.29, 0.717) is 6.04 Å². The Labute approximate surface area is 88.5 Å². The van der Waals surface area contributed by atoms with Gasteiger partial charge in [0.25, 0.3) is 0 Å². The minimum absolute atomic E-state index is 0.669. The fourth-order valence-corrected chi connectivity index (χ4v) is 2.24. The molecule has 0 aromatic rings. The molecule has 1 fully saturated rings. The Kier molecular flexibility index (Phi) is 4.85. The molecule has 0 radical (unpaired) electrons. The first-order valence-corrected chi connectivity index (χ1v) is 5.78. The molecule has 1 saturated heterocycles. The molecule has 2 atom stereocenters. The van der Waals surface area contributed by atoms with Crippen molar-refractivity contribution in [1.82, 2.24) is 15.1 Å². The van der Waals surface area contributed by atoms with Crippen molar-refractivity contribution < 1.29 is 0 Å². The molecule has 0 aromatic carbocycles. The zero-order valence-corrected chi connectivity index (χ0v) is 10.1. The lowest BCUT2D eigenvalue weighted by atomic mass is 10.1. The van der Waals surface area contributed by atoms with Crippen LogP contribution in [0.15, 0.2) is 0 Å². The molecule has 0 saturated carbocycles. The van der Waals surface area contributed by atoms with Gasteiger partial charge in [0.05, 0.1) is 0 Å². The number of piperazine rings is 1. The van der Waals surface area contributed by atoms with Gasteiger partial charge < -0.3 is 10.2 Å². The van der Waals surface area contributed by atoms with Crippen LogP contribution < -0.4 is 5.32 Å². The van der Waals surface area contributed by atoms with Crippen molar-refractivity contribution in [1.29, 1.82) is 0 Å². The Hall–Kier alpha value is -0.120. The van der Waals surface area contributed by atoms with Crippen LogP contribution in [0.5, 0.6) is 0 Å². The summed E-state index contributed by atoms with van der Waals surface area (Å²) in [6.07, 6.45) is 1.26. The summed E-state index contributed by atoms with van der Waals surface area (Å²) in [6.45, 7) is 9.36. The Morgan fingerprint density at radius 2 is 2.14 bits per heavy atom. The van der Waals surface area contributed by atoms with Crippen molar-refractivity contribution in [3.8, 4) is 0 Å². The maximum atomic E-state index is 3.25. The highest BCUT2D eigenvalue weighted by Crippen LogP contribution is 2.12. The van der Waals surface area contributed by atoms with Gasteiger partial charge in [-0.15, -0.1) is 0 Å². The van der Waals surface area contributed by atoms with E-state index in [1.165, 1.54) is 26.1 Å². The molecule has 0 bridgehead atoms. The Bertz CT molecular complexity index is 161.